The van der Waals surface area contributed by atoms with E-state index in [0.717, 1.165) is 47.3 Å². The van der Waals surface area contributed by atoms with Gasteiger partial charge in [0, 0.05) is 35.5 Å². The van der Waals surface area contributed by atoms with E-state index >= 15 is 0 Å². The van der Waals surface area contributed by atoms with Crippen molar-refractivity contribution in [3.63, 3.8) is 0 Å². The molecule has 1 atom stereocenters. The quantitative estimate of drug-likeness (QED) is 0.863. The normalized spacial score (nSPS) is 18.4. The minimum atomic E-state index is 0.194. The van der Waals surface area contributed by atoms with Crippen LogP contribution < -0.4 is 4.74 Å². The molecule has 3 rings (SSSR count). The smallest absolute Gasteiger partial charge is 0.131 e. The van der Waals surface area contributed by atoms with Gasteiger partial charge in [0.2, 0.25) is 0 Å². The summed E-state index contributed by atoms with van der Waals surface area (Å²) < 4.78 is 11.4. The Morgan fingerprint density at radius 1 is 1.30 bits per heavy atom. The summed E-state index contributed by atoms with van der Waals surface area (Å²) in [4.78, 5) is 8.94. The fourth-order valence-electron chi connectivity index (χ4n) is 2.35. The lowest BCUT2D eigenvalue weighted by Gasteiger charge is -2.06. The Morgan fingerprint density at radius 2 is 2.10 bits per heavy atom. The monoisotopic (exact) mass is 290 g/mol. The van der Waals surface area contributed by atoms with Crippen molar-refractivity contribution in [3.8, 4) is 5.75 Å². The largest absolute Gasteiger partial charge is 0.487 e. The number of hydrogen-bond acceptors (Lipinski definition) is 5. The first-order valence-electron chi connectivity index (χ1n) is 6.85. The first-order chi connectivity index (χ1) is 9.70. The molecule has 2 aromatic heterocycles. The first-order valence-corrected chi connectivity index (χ1v) is 7.72. The summed E-state index contributed by atoms with van der Waals surface area (Å²) in [6, 6.07) is 3.89. The average Bonchev–Trinajstić information content (AvgIpc) is 3.06. The van der Waals surface area contributed by atoms with E-state index in [1.54, 1.807) is 11.3 Å². The van der Waals surface area contributed by atoms with Crippen molar-refractivity contribution in [2.45, 2.75) is 39.4 Å². The molecule has 20 heavy (non-hydrogen) atoms. The molecule has 1 aliphatic rings. The number of pyridine rings is 1. The van der Waals surface area contributed by atoms with Crippen LogP contribution in [0.1, 0.15) is 41.0 Å². The van der Waals surface area contributed by atoms with Crippen LogP contribution in [0.2, 0.25) is 0 Å². The fourth-order valence-corrected chi connectivity index (χ4v) is 3.23. The van der Waals surface area contributed by atoms with Crippen LogP contribution in [0.4, 0.5) is 0 Å². The van der Waals surface area contributed by atoms with Gasteiger partial charge >= 0.3 is 0 Å². The predicted octanol–water partition coefficient (Wildman–Crippen LogP) is 3.59. The zero-order valence-electron chi connectivity index (χ0n) is 11.8. The van der Waals surface area contributed by atoms with Crippen LogP contribution in [0.5, 0.6) is 5.75 Å². The van der Waals surface area contributed by atoms with Gasteiger partial charge in [-0.2, -0.15) is 0 Å². The topological polar surface area (TPSA) is 44.2 Å². The molecule has 2 aromatic rings. The molecule has 3 heterocycles. The SMILES string of the molecule is Cc1cc(OCc2csc([C@H]3CCCO3)n2)cc(C)n1. The van der Waals surface area contributed by atoms with Crippen molar-refractivity contribution in [3.05, 3.63) is 39.6 Å². The molecule has 0 aliphatic carbocycles. The molecule has 0 bridgehead atoms. The lowest BCUT2D eigenvalue weighted by Crippen LogP contribution is -1.99. The van der Waals surface area contributed by atoms with Crippen LogP contribution in [0.15, 0.2) is 17.5 Å². The number of aryl methyl sites for hydroxylation is 2. The van der Waals surface area contributed by atoms with Gasteiger partial charge in [-0.3, -0.25) is 4.98 Å². The van der Waals surface area contributed by atoms with Crippen LogP contribution in [0.3, 0.4) is 0 Å². The molecule has 0 amide bonds. The van der Waals surface area contributed by atoms with Crippen molar-refractivity contribution in [1.82, 2.24) is 9.97 Å². The minimum absolute atomic E-state index is 0.194. The van der Waals surface area contributed by atoms with Gasteiger partial charge in [-0.15, -0.1) is 11.3 Å². The summed E-state index contributed by atoms with van der Waals surface area (Å²) in [5.74, 6) is 0.849. The molecule has 0 spiro atoms. The third-order valence-corrected chi connectivity index (χ3v) is 4.20. The van der Waals surface area contributed by atoms with Crippen molar-refractivity contribution in [2.75, 3.05) is 6.61 Å². The number of rotatable bonds is 4. The zero-order valence-corrected chi connectivity index (χ0v) is 12.6. The number of nitrogens with zero attached hydrogens (tertiary/aromatic N) is 2. The Bertz CT molecular complexity index is 571. The molecular weight excluding hydrogens is 272 g/mol. The Kier molecular flexibility index (Phi) is 3.98. The number of thiazole rings is 1. The van der Waals surface area contributed by atoms with E-state index < -0.39 is 0 Å². The maximum atomic E-state index is 5.79. The number of hydrogen-bond donors (Lipinski definition) is 0. The van der Waals surface area contributed by atoms with Crippen LogP contribution in [0, 0.1) is 13.8 Å². The van der Waals surface area contributed by atoms with Crippen molar-refractivity contribution in [1.29, 1.82) is 0 Å². The average molecular weight is 290 g/mol. The maximum Gasteiger partial charge on any atom is 0.131 e. The van der Waals surface area contributed by atoms with E-state index in [4.69, 9.17) is 9.47 Å². The van der Waals surface area contributed by atoms with Crippen molar-refractivity contribution in [2.24, 2.45) is 0 Å². The van der Waals surface area contributed by atoms with E-state index in [0.29, 0.717) is 6.61 Å². The molecule has 0 saturated carbocycles. The Hall–Kier alpha value is -1.46. The number of ether oxygens (including phenoxy) is 2. The zero-order chi connectivity index (χ0) is 13.9. The highest BCUT2D eigenvalue weighted by Crippen LogP contribution is 2.30. The summed E-state index contributed by atoms with van der Waals surface area (Å²) in [5, 5.41) is 3.13. The molecule has 0 N–H and O–H groups in total. The first kappa shape index (κ1) is 13.5. The lowest BCUT2D eigenvalue weighted by molar-refractivity contribution is 0.111. The van der Waals surface area contributed by atoms with Gasteiger partial charge in [0.05, 0.1) is 5.69 Å². The van der Waals surface area contributed by atoms with Crippen molar-refractivity contribution < 1.29 is 9.47 Å². The standard InChI is InChI=1S/C15H18N2O2S/c1-10-6-13(7-11(2)16-10)19-8-12-9-20-15(17-12)14-4-3-5-18-14/h6-7,9,14H,3-5,8H2,1-2H3/t14-/m1/s1. The molecule has 1 fully saturated rings. The fraction of sp³-hybridized carbons (Fsp3) is 0.467. The summed E-state index contributed by atoms with van der Waals surface area (Å²) in [6.45, 7) is 5.29. The van der Waals surface area contributed by atoms with Gasteiger partial charge in [0.15, 0.2) is 0 Å². The lowest BCUT2D eigenvalue weighted by atomic mass is 10.2. The molecule has 4 nitrogen and oxygen atoms in total. The van der Waals surface area contributed by atoms with Gasteiger partial charge in [0.1, 0.15) is 23.5 Å². The minimum Gasteiger partial charge on any atom is -0.487 e. The van der Waals surface area contributed by atoms with Gasteiger partial charge in [-0.05, 0) is 26.7 Å². The van der Waals surface area contributed by atoms with Crippen LogP contribution >= 0.6 is 11.3 Å². The third-order valence-electron chi connectivity index (χ3n) is 3.22. The predicted molar refractivity (Wildman–Crippen MR) is 78.1 cm³/mol. The molecule has 106 valence electrons. The number of aromatic nitrogens is 2. The molecule has 0 aromatic carbocycles. The van der Waals surface area contributed by atoms with Gasteiger partial charge in [-0.25, -0.2) is 4.98 Å². The van der Waals surface area contributed by atoms with E-state index in [9.17, 15) is 0 Å². The Balaban J connectivity index is 1.63. The molecule has 1 saturated heterocycles. The van der Waals surface area contributed by atoms with Gasteiger partial charge in [0.25, 0.3) is 0 Å². The van der Waals surface area contributed by atoms with Crippen LogP contribution in [-0.4, -0.2) is 16.6 Å². The van der Waals surface area contributed by atoms with Gasteiger partial charge < -0.3 is 9.47 Å². The van der Waals surface area contributed by atoms with Gasteiger partial charge in [-0.1, -0.05) is 0 Å². The third kappa shape index (κ3) is 3.16. The summed E-state index contributed by atoms with van der Waals surface area (Å²) >= 11 is 1.66. The maximum absolute atomic E-state index is 5.79. The van der Waals surface area contributed by atoms with E-state index in [2.05, 4.69) is 15.3 Å². The second-order valence-electron chi connectivity index (χ2n) is 5.05. The Morgan fingerprint density at radius 3 is 2.80 bits per heavy atom. The molecule has 1 aliphatic heterocycles. The summed E-state index contributed by atoms with van der Waals surface area (Å²) in [5.41, 5.74) is 2.91. The molecule has 0 unspecified atom stereocenters. The Labute approximate surface area is 122 Å². The highest BCUT2D eigenvalue weighted by Gasteiger charge is 2.20. The molecular formula is C15H18N2O2S. The summed E-state index contributed by atoms with van der Waals surface area (Å²) in [6.07, 6.45) is 2.40. The van der Waals surface area contributed by atoms with E-state index in [1.807, 2.05) is 26.0 Å². The second-order valence-corrected chi connectivity index (χ2v) is 5.94. The van der Waals surface area contributed by atoms with E-state index in [1.165, 1.54) is 0 Å². The summed E-state index contributed by atoms with van der Waals surface area (Å²) in [7, 11) is 0. The highest BCUT2D eigenvalue weighted by molar-refractivity contribution is 7.09. The highest BCUT2D eigenvalue weighted by atomic mass is 32.1. The van der Waals surface area contributed by atoms with Crippen LogP contribution in [0.25, 0.3) is 0 Å². The van der Waals surface area contributed by atoms with E-state index in [-0.39, 0.29) is 6.10 Å². The molecule has 0 radical (unpaired) electrons. The molecule has 5 heteroatoms. The second kappa shape index (κ2) is 5.89. The van der Waals surface area contributed by atoms with Crippen molar-refractivity contribution >= 4 is 11.3 Å². The van der Waals surface area contributed by atoms with Crippen LogP contribution in [-0.2, 0) is 11.3 Å².